The van der Waals surface area contributed by atoms with E-state index in [2.05, 4.69) is 10.6 Å². The molecule has 1 aliphatic carbocycles. The summed E-state index contributed by atoms with van der Waals surface area (Å²) in [5, 5.41) is 14.6. The SMILES string of the molecule is CC(C)(C)[C@H](NC(=O)NC1CC1c1ccccc1)C(=O)O. The van der Waals surface area contributed by atoms with Gasteiger partial charge >= 0.3 is 12.0 Å². The molecule has 2 unspecified atom stereocenters. The van der Waals surface area contributed by atoms with Crippen molar-refractivity contribution in [2.24, 2.45) is 5.41 Å². The molecule has 1 aromatic rings. The van der Waals surface area contributed by atoms with Gasteiger partial charge in [-0.25, -0.2) is 9.59 Å². The molecule has 21 heavy (non-hydrogen) atoms. The summed E-state index contributed by atoms with van der Waals surface area (Å²) >= 11 is 0. The lowest BCUT2D eigenvalue weighted by Crippen LogP contribution is -2.52. The van der Waals surface area contributed by atoms with Crippen molar-refractivity contribution in [2.45, 2.75) is 45.2 Å². The second-order valence-corrected chi connectivity index (χ2v) is 6.61. The summed E-state index contributed by atoms with van der Waals surface area (Å²) in [5.74, 6) is -0.692. The molecule has 0 radical (unpaired) electrons. The zero-order chi connectivity index (χ0) is 15.6. The number of carbonyl (C=O) groups excluding carboxylic acids is 1. The van der Waals surface area contributed by atoms with Gasteiger partial charge in [-0.1, -0.05) is 51.1 Å². The molecule has 0 aliphatic heterocycles. The zero-order valence-corrected chi connectivity index (χ0v) is 12.6. The Hall–Kier alpha value is -2.04. The largest absolute Gasteiger partial charge is 0.480 e. The Balaban J connectivity index is 1.88. The summed E-state index contributed by atoms with van der Waals surface area (Å²) in [6.45, 7) is 5.36. The van der Waals surface area contributed by atoms with E-state index in [-0.39, 0.29) is 6.04 Å². The average Bonchev–Trinajstić information content (AvgIpc) is 3.14. The van der Waals surface area contributed by atoms with Crippen molar-refractivity contribution in [3.63, 3.8) is 0 Å². The number of rotatable bonds is 4. The highest BCUT2D eigenvalue weighted by Crippen LogP contribution is 2.40. The number of urea groups is 1. The van der Waals surface area contributed by atoms with Crippen molar-refractivity contribution in [3.8, 4) is 0 Å². The highest BCUT2D eigenvalue weighted by molar-refractivity contribution is 5.83. The van der Waals surface area contributed by atoms with Gasteiger partial charge in [0.15, 0.2) is 0 Å². The third-order valence-electron chi connectivity index (χ3n) is 3.72. The van der Waals surface area contributed by atoms with Crippen molar-refractivity contribution in [2.75, 3.05) is 0 Å². The molecule has 114 valence electrons. The van der Waals surface area contributed by atoms with Crippen LogP contribution in [-0.2, 0) is 4.79 Å². The van der Waals surface area contributed by atoms with Crippen LogP contribution < -0.4 is 10.6 Å². The van der Waals surface area contributed by atoms with Gasteiger partial charge in [-0.05, 0) is 17.4 Å². The van der Waals surface area contributed by atoms with Crippen LogP contribution in [0.2, 0.25) is 0 Å². The maximum atomic E-state index is 11.9. The van der Waals surface area contributed by atoms with Gasteiger partial charge in [-0.15, -0.1) is 0 Å². The van der Waals surface area contributed by atoms with E-state index in [1.54, 1.807) is 20.8 Å². The molecule has 0 heterocycles. The molecule has 0 spiro atoms. The van der Waals surface area contributed by atoms with Gasteiger partial charge in [0.05, 0.1) is 0 Å². The van der Waals surface area contributed by atoms with E-state index >= 15 is 0 Å². The number of carboxylic acids is 1. The number of benzene rings is 1. The molecule has 1 aliphatic rings. The summed E-state index contributed by atoms with van der Waals surface area (Å²) < 4.78 is 0. The predicted molar refractivity (Wildman–Crippen MR) is 80.1 cm³/mol. The van der Waals surface area contributed by atoms with Gasteiger partial charge in [-0.3, -0.25) is 0 Å². The number of carboxylic acid groups (broad SMARTS) is 1. The summed E-state index contributed by atoms with van der Waals surface area (Å²) in [7, 11) is 0. The van der Waals surface area contributed by atoms with Gasteiger partial charge in [-0.2, -0.15) is 0 Å². The average molecular weight is 290 g/mol. The fraction of sp³-hybridized carbons (Fsp3) is 0.500. The number of nitrogens with one attached hydrogen (secondary N) is 2. The number of aliphatic carboxylic acids is 1. The first kappa shape index (κ1) is 15.4. The first-order chi connectivity index (χ1) is 9.79. The molecule has 0 aromatic heterocycles. The van der Waals surface area contributed by atoms with Gasteiger partial charge in [0.25, 0.3) is 0 Å². The normalized spacial score (nSPS) is 22.2. The van der Waals surface area contributed by atoms with Crippen LogP contribution in [0.1, 0.15) is 38.7 Å². The van der Waals surface area contributed by atoms with Gasteiger partial charge < -0.3 is 15.7 Å². The predicted octanol–water partition coefficient (Wildman–Crippen LogP) is 2.34. The summed E-state index contributed by atoms with van der Waals surface area (Å²) in [6.07, 6.45) is 0.894. The standard InChI is InChI=1S/C16H22N2O3/c1-16(2,3)13(14(19)20)18-15(21)17-12-9-11(12)10-7-5-4-6-8-10/h4-8,11-13H,9H2,1-3H3,(H,19,20)(H2,17,18,21)/t11?,12?,13-/m1/s1. The minimum absolute atomic E-state index is 0.0850. The van der Waals surface area contributed by atoms with Crippen molar-refractivity contribution in [1.82, 2.24) is 10.6 Å². The molecule has 0 bridgehead atoms. The molecule has 3 atom stereocenters. The highest BCUT2D eigenvalue weighted by atomic mass is 16.4. The van der Waals surface area contributed by atoms with Crippen LogP contribution in [0.3, 0.4) is 0 Å². The number of hydrogen-bond donors (Lipinski definition) is 3. The number of carbonyl (C=O) groups is 2. The van der Waals surface area contributed by atoms with Crippen molar-refractivity contribution in [3.05, 3.63) is 35.9 Å². The van der Waals surface area contributed by atoms with Crippen LogP contribution in [0.15, 0.2) is 30.3 Å². The first-order valence-electron chi connectivity index (χ1n) is 7.14. The Morgan fingerprint density at radius 1 is 1.24 bits per heavy atom. The minimum Gasteiger partial charge on any atom is -0.480 e. The molecular formula is C16H22N2O3. The Labute approximate surface area is 124 Å². The second kappa shape index (κ2) is 5.76. The minimum atomic E-state index is -1.02. The van der Waals surface area contributed by atoms with Crippen LogP contribution in [0, 0.1) is 5.41 Å². The fourth-order valence-corrected chi connectivity index (χ4v) is 2.41. The lowest BCUT2D eigenvalue weighted by atomic mass is 9.87. The Bertz CT molecular complexity index is 522. The van der Waals surface area contributed by atoms with E-state index in [0.717, 1.165) is 6.42 Å². The molecule has 1 aromatic carbocycles. The topological polar surface area (TPSA) is 78.4 Å². The Morgan fingerprint density at radius 2 is 1.86 bits per heavy atom. The van der Waals surface area contributed by atoms with Crippen molar-refractivity contribution in [1.29, 1.82) is 0 Å². The summed E-state index contributed by atoms with van der Waals surface area (Å²) in [4.78, 5) is 23.2. The molecule has 5 heteroatoms. The summed E-state index contributed by atoms with van der Waals surface area (Å²) in [5.41, 5.74) is 0.666. The van der Waals surface area contributed by atoms with Crippen molar-refractivity contribution < 1.29 is 14.7 Å². The third kappa shape index (κ3) is 3.97. The third-order valence-corrected chi connectivity index (χ3v) is 3.72. The molecule has 2 rings (SSSR count). The van der Waals surface area contributed by atoms with Crippen molar-refractivity contribution >= 4 is 12.0 Å². The second-order valence-electron chi connectivity index (χ2n) is 6.61. The smallest absolute Gasteiger partial charge is 0.326 e. The van der Waals surface area contributed by atoms with E-state index in [0.29, 0.717) is 5.92 Å². The monoisotopic (exact) mass is 290 g/mol. The summed E-state index contributed by atoms with van der Waals surface area (Å²) in [6, 6.07) is 8.75. The maximum absolute atomic E-state index is 11.9. The van der Waals surface area contributed by atoms with Crippen LogP contribution >= 0.6 is 0 Å². The Morgan fingerprint density at radius 3 is 2.38 bits per heavy atom. The maximum Gasteiger partial charge on any atom is 0.326 e. The van der Waals surface area contributed by atoms with Crippen LogP contribution in [0.25, 0.3) is 0 Å². The molecule has 5 nitrogen and oxygen atoms in total. The molecule has 1 saturated carbocycles. The lowest BCUT2D eigenvalue weighted by molar-refractivity contribution is -0.141. The Kier molecular flexibility index (Phi) is 4.21. The lowest BCUT2D eigenvalue weighted by Gasteiger charge is -2.27. The van der Waals surface area contributed by atoms with Gasteiger partial charge in [0.2, 0.25) is 0 Å². The van der Waals surface area contributed by atoms with E-state index < -0.39 is 23.5 Å². The number of hydrogen-bond acceptors (Lipinski definition) is 2. The molecular weight excluding hydrogens is 268 g/mol. The quantitative estimate of drug-likeness (QED) is 0.796. The molecule has 1 fully saturated rings. The number of amides is 2. The first-order valence-corrected chi connectivity index (χ1v) is 7.14. The van der Waals surface area contributed by atoms with Crippen LogP contribution in [0.4, 0.5) is 4.79 Å². The van der Waals surface area contributed by atoms with Crippen LogP contribution in [-0.4, -0.2) is 29.2 Å². The highest BCUT2D eigenvalue weighted by Gasteiger charge is 2.40. The molecule has 0 saturated heterocycles. The van der Waals surface area contributed by atoms with E-state index in [4.69, 9.17) is 0 Å². The van der Waals surface area contributed by atoms with E-state index in [1.165, 1.54) is 5.56 Å². The van der Waals surface area contributed by atoms with E-state index in [1.807, 2.05) is 30.3 Å². The van der Waals surface area contributed by atoms with E-state index in [9.17, 15) is 14.7 Å². The van der Waals surface area contributed by atoms with Crippen LogP contribution in [0.5, 0.6) is 0 Å². The molecule has 2 amide bonds. The fourth-order valence-electron chi connectivity index (χ4n) is 2.41. The zero-order valence-electron chi connectivity index (χ0n) is 12.6. The van der Waals surface area contributed by atoms with Gasteiger partial charge in [0, 0.05) is 12.0 Å². The van der Waals surface area contributed by atoms with Gasteiger partial charge in [0.1, 0.15) is 6.04 Å². The molecule has 3 N–H and O–H groups in total.